The fraction of sp³-hybridized carbons (Fsp3) is 0.476. The molecular formula is C21H26N4O4. The van der Waals surface area contributed by atoms with E-state index >= 15 is 0 Å². The fourth-order valence-corrected chi connectivity index (χ4v) is 2.50. The van der Waals surface area contributed by atoms with E-state index in [0.29, 0.717) is 30.2 Å². The monoisotopic (exact) mass is 398 g/mol. The van der Waals surface area contributed by atoms with Crippen molar-refractivity contribution in [3.05, 3.63) is 42.0 Å². The van der Waals surface area contributed by atoms with Gasteiger partial charge in [0.15, 0.2) is 12.4 Å². The summed E-state index contributed by atoms with van der Waals surface area (Å²) in [7, 11) is 0. The molecule has 2 rings (SSSR count). The van der Waals surface area contributed by atoms with Crippen molar-refractivity contribution >= 4 is 17.6 Å². The Labute approximate surface area is 170 Å². The van der Waals surface area contributed by atoms with Crippen LogP contribution in [-0.4, -0.2) is 35.2 Å². The zero-order chi connectivity index (χ0) is 21.3. The molecule has 1 aromatic heterocycles. The molecule has 0 bridgehead atoms. The molecule has 0 saturated heterocycles. The van der Waals surface area contributed by atoms with Crippen LogP contribution in [-0.2, 0) is 26.2 Å². The van der Waals surface area contributed by atoms with Crippen LogP contribution in [0.25, 0.3) is 0 Å². The first-order valence-corrected chi connectivity index (χ1v) is 9.52. The summed E-state index contributed by atoms with van der Waals surface area (Å²) in [6, 6.07) is 11.0. The van der Waals surface area contributed by atoms with Crippen LogP contribution in [0.2, 0.25) is 0 Å². The third kappa shape index (κ3) is 7.03. The number of hydrogen-bond donors (Lipinski definition) is 0. The predicted molar refractivity (Wildman–Crippen MR) is 106 cm³/mol. The molecule has 0 aliphatic heterocycles. The Bertz CT molecular complexity index is 850. The first-order chi connectivity index (χ1) is 13.8. The normalized spacial score (nSPS) is 11.0. The lowest BCUT2D eigenvalue weighted by molar-refractivity contribution is -0.147. The maximum absolute atomic E-state index is 12.5. The molecule has 0 radical (unpaired) electrons. The van der Waals surface area contributed by atoms with Gasteiger partial charge in [-0.3, -0.25) is 9.59 Å². The number of carbonyl (C=O) groups excluding carboxylic acids is 2. The molecule has 8 nitrogen and oxygen atoms in total. The van der Waals surface area contributed by atoms with Crippen molar-refractivity contribution in [1.82, 2.24) is 10.1 Å². The van der Waals surface area contributed by atoms with Gasteiger partial charge in [-0.1, -0.05) is 44.1 Å². The van der Waals surface area contributed by atoms with E-state index in [1.165, 1.54) is 4.90 Å². The molecule has 1 heterocycles. The number of anilines is 1. The third-order valence-corrected chi connectivity index (χ3v) is 4.08. The van der Waals surface area contributed by atoms with Crippen molar-refractivity contribution < 1.29 is 18.8 Å². The molecule has 0 saturated carbocycles. The van der Waals surface area contributed by atoms with Crippen molar-refractivity contribution in [3.8, 4) is 6.07 Å². The molecule has 0 atom stereocenters. The molecule has 0 aliphatic carbocycles. The summed E-state index contributed by atoms with van der Waals surface area (Å²) < 4.78 is 10.3. The molecule has 0 N–H and O–H groups in total. The number of aryl methyl sites for hydroxylation is 1. The lowest BCUT2D eigenvalue weighted by Crippen LogP contribution is -2.35. The van der Waals surface area contributed by atoms with Crippen molar-refractivity contribution in [2.24, 2.45) is 0 Å². The summed E-state index contributed by atoms with van der Waals surface area (Å²) in [5.74, 6) is 0.262. The van der Waals surface area contributed by atoms with E-state index in [1.54, 1.807) is 24.3 Å². The first-order valence-electron chi connectivity index (χ1n) is 9.52. The van der Waals surface area contributed by atoms with Gasteiger partial charge in [0.1, 0.15) is 0 Å². The number of ether oxygens (including phenoxy) is 1. The number of nitrogens with zero attached hydrogens (tertiary/aromatic N) is 4. The van der Waals surface area contributed by atoms with Gasteiger partial charge < -0.3 is 14.2 Å². The van der Waals surface area contributed by atoms with Crippen LogP contribution < -0.4 is 4.90 Å². The van der Waals surface area contributed by atoms with E-state index in [2.05, 4.69) is 10.1 Å². The van der Waals surface area contributed by atoms with Crippen molar-refractivity contribution in [3.63, 3.8) is 0 Å². The highest BCUT2D eigenvalue weighted by atomic mass is 16.5. The lowest BCUT2D eigenvalue weighted by Gasteiger charge is -2.21. The molecule has 2 aromatic rings. The first kappa shape index (κ1) is 22.1. The van der Waals surface area contributed by atoms with Gasteiger partial charge in [-0.05, 0) is 18.6 Å². The van der Waals surface area contributed by atoms with E-state index in [1.807, 2.05) is 32.9 Å². The van der Waals surface area contributed by atoms with Crippen molar-refractivity contribution in [1.29, 1.82) is 5.26 Å². The SMILES string of the molecule is CC(C)(C)c1noc(CCCC(=O)OCC(=O)N(CCC#N)c2ccccc2)n1. The Balaban J connectivity index is 1.79. The van der Waals surface area contributed by atoms with Crippen LogP contribution in [0, 0.1) is 11.3 Å². The number of aromatic nitrogens is 2. The number of hydrogen-bond acceptors (Lipinski definition) is 7. The molecule has 29 heavy (non-hydrogen) atoms. The second-order valence-electron chi connectivity index (χ2n) is 7.56. The number of benzene rings is 1. The van der Waals surface area contributed by atoms with E-state index in [9.17, 15) is 9.59 Å². The summed E-state index contributed by atoms with van der Waals surface area (Å²) in [6.07, 6.45) is 1.28. The zero-order valence-corrected chi connectivity index (χ0v) is 17.1. The average molecular weight is 398 g/mol. The van der Waals surface area contributed by atoms with Gasteiger partial charge in [0, 0.05) is 30.5 Å². The molecule has 0 unspecified atom stereocenters. The second kappa shape index (κ2) is 10.4. The van der Waals surface area contributed by atoms with Gasteiger partial charge in [-0.25, -0.2) is 0 Å². The summed E-state index contributed by atoms with van der Waals surface area (Å²) in [5.41, 5.74) is 0.465. The number of carbonyl (C=O) groups is 2. The smallest absolute Gasteiger partial charge is 0.306 e. The summed E-state index contributed by atoms with van der Waals surface area (Å²) in [5, 5.41) is 12.8. The largest absolute Gasteiger partial charge is 0.456 e. The molecular weight excluding hydrogens is 372 g/mol. The van der Waals surface area contributed by atoms with Crippen LogP contribution in [0.5, 0.6) is 0 Å². The number of esters is 1. The number of nitriles is 1. The highest BCUT2D eigenvalue weighted by Gasteiger charge is 2.21. The van der Waals surface area contributed by atoms with Gasteiger partial charge in [-0.2, -0.15) is 10.2 Å². The van der Waals surface area contributed by atoms with Crippen LogP contribution >= 0.6 is 0 Å². The summed E-state index contributed by atoms with van der Waals surface area (Å²) >= 11 is 0. The Kier molecular flexibility index (Phi) is 7.89. The van der Waals surface area contributed by atoms with E-state index in [-0.39, 0.29) is 37.3 Å². The maximum atomic E-state index is 12.5. The minimum atomic E-state index is -0.470. The number of para-hydroxylation sites is 1. The van der Waals surface area contributed by atoms with Gasteiger partial charge in [0.2, 0.25) is 5.89 Å². The topological polar surface area (TPSA) is 109 Å². The quantitative estimate of drug-likeness (QED) is 0.597. The molecule has 154 valence electrons. The van der Waals surface area contributed by atoms with Gasteiger partial charge in [0.25, 0.3) is 5.91 Å². The van der Waals surface area contributed by atoms with Crippen molar-refractivity contribution in [2.75, 3.05) is 18.1 Å². The molecule has 1 amide bonds. The number of amides is 1. The van der Waals surface area contributed by atoms with Crippen LogP contribution in [0.15, 0.2) is 34.9 Å². The van der Waals surface area contributed by atoms with Gasteiger partial charge in [0.05, 0.1) is 12.5 Å². The average Bonchev–Trinajstić information content (AvgIpc) is 3.17. The lowest BCUT2D eigenvalue weighted by atomic mass is 9.96. The maximum Gasteiger partial charge on any atom is 0.306 e. The number of rotatable bonds is 9. The molecule has 8 heteroatoms. The van der Waals surface area contributed by atoms with E-state index in [0.717, 1.165) is 0 Å². The van der Waals surface area contributed by atoms with Crippen LogP contribution in [0.3, 0.4) is 0 Å². The van der Waals surface area contributed by atoms with E-state index < -0.39 is 5.97 Å². The van der Waals surface area contributed by atoms with Crippen LogP contribution in [0.4, 0.5) is 5.69 Å². The highest BCUT2D eigenvalue weighted by Crippen LogP contribution is 2.19. The standard InChI is InChI=1S/C21H26N4O4/c1-21(2,3)20-23-17(29-24-20)11-7-12-19(27)28-15-18(26)25(14-8-13-22)16-9-5-4-6-10-16/h4-6,9-10H,7-8,11-12,14-15H2,1-3H3. The zero-order valence-electron chi connectivity index (χ0n) is 17.1. The second-order valence-corrected chi connectivity index (χ2v) is 7.56. The molecule has 1 aromatic carbocycles. The predicted octanol–water partition coefficient (Wildman–Crippen LogP) is 3.18. The minimum absolute atomic E-state index is 0.143. The highest BCUT2D eigenvalue weighted by molar-refractivity contribution is 5.95. The summed E-state index contributed by atoms with van der Waals surface area (Å²) in [4.78, 5) is 30.2. The van der Waals surface area contributed by atoms with Crippen molar-refractivity contribution in [2.45, 2.75) is 51.9 Å². The molecule has 0 fully saturated rings. The molecule has 0 spiro atoms. The Morgan fingerprint density at radius 1 is 1.24 bits per heavy atom. The minimum Gasteiger partial charge on any atom is -0.456 e. The summed E-state index contributed by atoms with van der Waals surface area (Å²) in [6.45, 7) is 5.85. The Morgan fingerprint density at radius 2 is 1.97 bits per heavy atom. The van der Waals surface area contributed by atoms with Gasteiger partial charge in [-0.15, -0.1) is 0 Å². The Morgan fingerprint density at radius 3 is 2.59 bits per heavy atom. The van der Waals surface area contributed by atoms with Gasteiger partial charge >= 0.3 is 5.97 Å². The third-order valence-electron chi connectivity index (χ3n) is 4.08. The Hall–Kier alpha value is -3.21. The molecule has 0 aliphatic rings. The van der Waals surface area contributed by atoms with E-state index in [4.69, 9.17) is 14.5 Å². The van der Waals surface area contributed by atoms with Crippen LogP contribution in [0.1, 0.15) is 51.7 Å². The fourth-order valence-electron chi connectivity index (χ4n) is 2.50.